The van der Waals surface area contributed by atoms with E-state index in [1.807, 2.05) is 0 Å². The molecule has 1 heterocycles. The lowest BCUT2D eigenvalue weighted by Crippen LogP contribution is -2.26. The summed E-state index contributed by atoms with van der Waals surface area (Å²) in [5.74, 6) is -1.07. The Hall–Kier alpha value is -4.46. The quantitative estimate of drug-likeness (QED) is 0.497. The minimum Gasteiger partial charge on any atom is -0.454 e. The molecule has 0 atom stereocenters. The topological polar surface area (TPSA) is 108 Å². The number of rotatable bonds is 4. The molecule has 0 saturated heterocycles. The van der Waals surface area contributed by atoms with Gasteiger partial charge in [-0.15, -0.1) is 0 Å². The number of ketones is 2. The summed E-state index contributed by atoms with van der Waals surface area (Å²) in [6, 6.07) is 15.7. The van der Waals surface area contributed by atoms with Gasteiger partial charge in [0.05, 0.1) is 16.8 Å². The van der Waals surface area contributed by atoms with E-state index >= 15 is 0 Å². The number of benzene rings is 3. The zero-order valence-electron chi connectivity index (χ0n) is 16.5. The highest BCUT2D eigenvalue weighted by molar-refractivity contribution is 6.30. The largest absolute Gasteiger partial charge is 0.454 e. The molecule has 0 unspecified atom stereocenters. The summed E-state index contributed by atoms with van der Waals surface area (Å²) in [4.78, 5) is 50.5. The van der Waals surface area contributed by atoms with Crippen LogP contribution in [-0.2, 0) is 9.53 Å². The Morgan fingerprint density at radius 1 is 0.844 bits per heavy atom. The number of hydrogen-bond donors (Lipinski definition) is 1. The van der Waals surface area contributed by atoms with E-state index in [1.54, 1.807) is 42.5 Å². The van der Waals surface area contributed by atoms with Crippen LogP contribution < -0.4 is 14.8 Å². The van der Waals surface area contributed by atoms with Crippen molar-refractivity contribution in [3.05, 3.63) is 88.5 Å². The van der Waals surface area contributed by atoms with Crippen LogP contribution in [0.15, 0.2) is 60.7 Å². The lowest BCUT2D eigenvalue weighted by Gasteiger charge is -2.20. The molecule has 8 nitrogen and oxygen atoms in total. The van der Waals surface area contributed by atoms with Crippen LogP contribution in [0.1, 0.15) is 42.2 Å². The fraction of sp³-hybridized carbons (Fsp3) is 0.0833. The third kappa shape index (κ3) is 3.27. The second kappa shape index (κ2) is 7.66. The van der Waals surface area contributed by atoms with E-state index in [4.69, 9.17) is 14.2 Å². The summed E-state index contributed by atoms with van der Waals surface area (Å²) < 4.78 is 15.5. The first-order chi connectivity index (χ1) is 15.5. The lowest BCUT2D eigenvalue weighted by atomic mass is 9.83. The third-order valence-corrected chi connectivity index (χ3v) is 5.17. The SMILES string of the molecule is O=C(COC(=O)c1ccc2c(c1)OCO2)Nc1cccc2c1C(=O)c1ccccc1C2=O. The van der Waals surface area contributed by atoms with Crippen LogP contribution in [0.3, 0.4) is 0 Å². The van der Waals surface area contributed by atoms with Crippen LogP contribution in [-0.4, -0.2) is 36.8 Å². The fourth-order valence-corrected chi connectivity index (χ4v) is 3.67. The summed E-state index contributed by atoms with van der Waals surface area (Å²) in [5, 5.41) is 2.57. The highest BCUT2D eigenvalue weighted by Gasteiger charge is 2.31. The molecule has 0 aromatic heterocycles. The highest BCUT2D eigenvalue weighted by Crippen LogP contribution is 2.33. The molecule has 0 saturated carbocycles. The van der Waals surface area contributed by atoms with Gasteiger partial charge in [-0.1, -0.05) is 36.4 Å². The lowest BCUT2D eigenvalue weighted by molar-refractivity contribution is -0.119. The zero-order valence-corrected chi connectivity index (χ0v) is 16.5. The average Bonchev–Trinajstić information content (AvgIpc) is 3.29. The molecule has 158 valence electrons. The molecule has 1 aliphatic heterocycles. The number of amides is 1. The zero-order chi connectivity index (χ0) is 22.2. The maximum absolute atomic E-state index is 13.0. The van der Waals surface area contributed by atoms with E-state index in [-0.39, 0.29) is 46.3 Å². The number of esters is 1. The fourth-order valence-electron chi connectivity index (χ4n) is 3.67. The molecule has 1 aliphatic carbocycles. The third-order valence-electron chi connectivity index (χ3n) is 5.17. The molecule has 0 bridgehead atoms. The Morgan fingerprint density at radius 2 is 1.56 bits per heavy atom. The van der Waals surface area contributed by atoms with Gasteiger partial charge in [0.15, 0.2) is 29.7 Å². The molecule has 32 heavy (non-hydrogen) atoms. The first kappa shape index (κ1) is 19.5. The predicted molar refractivity (Wildman–Crippen MR) is 111 cm³/mol. The van der Waals surface area contributed by atoms with Crippen LogP contribution >= 0.6 is 0 Å². The van der Waals surface area contributed by atoms with Gasteiger partial charge in [0, 0.05) is 16.7 Å². The molecule has 0 radical (unpaired) electrons. The van der Waals surface area contributed by atoms with Crippen molar-refractivity contribution < 1.29 is 33.4 Å². The van der Waals surface area contributed by atoms with Crippen molar-refractivity contribution in [2.75, 3.05) is 18.7 Å². The Morgan fingerprint density at radius 3 is 2.38 bits per heavy atom. The monoisotopic (exact) mass is 429 g/mol. The molecule has 3 aromatic rings. The van der Waals surface area contributed by atoms with Crippen molar-refractivity contribution in [2.45, 2.75) is 0 Å². The molecule has 1 N–H and O–H groups in total. The molecule has 1 amide bonds. The van der Waals surface area contributed by atoms with Gasteiger partial charge in [-0.05, 0) is 24.3 Å². The molecule has 2 aliphatic rings. The number of carbonyl (C=O) groups excluding carboxylic acids is 4. The maximum Gasteiger partial charge on any atom is 0.338 e. The van der Waals surface area contributed by atoms with Crippen molar-refractivity contribution >= 4 is 29.1 Å². The first-order valence-electron chi connectivity index (χ1n) is 9.71. The first-order valence-corrected chi connectivity index (χ1v) is 9.71. The summed E-state index contributed by atoms with van der Waals surface area (Å²) in [7, 11) is 0. The molecule has 0 fully saturated rings. The van der Waals surface area contributed by atoms with Crippen LogP contribution in [0.25, 0.3) is 0 Å². The van der Waals surface area contributed by atoms with E-state index in [1.165, 1.54) is 18.2 Å². The summed E-state index contributed by atoms with van der Waals surface area (Å²) >= 11 is 0. The Bertz CT molecular complexity index is 1310. The van der Waals surface area contributed by atoms with Crippen LogP contribution in [0.4, 0.5) is 5.69 Å². The van der Waals surface area contributed by atoms with E-state index in [0.29, 0.717) is 17.1 Å². The van der Waals surface area contributed by atoms with E-state index in [2.05, 4.69) is 5.32 Å². The Kier molecular flexibility index (Phi) is 4.67. The number of fused-ring (bicyclic) bond motifs is 3. The second-order valence-corrected chi connectivity index (χ2v) is 7.12. The summed E-state index contributed by atoms with van der Waals surface area (Å²) in [6.45, 7) is -0.501. The van der Waals surface area contributed by atoms with Crippen LogP contribution in [0.2, 0.25) is 0 Å². The van der Waals surface area contributed by atoms with Crippen molar-refractivity contribution in [1.29, 1.82) is 0 Å². The van der Waals surface area contributed by atoms with Gasteiger partial charge in [0.1, 0.15) is 0 Å². The van der Waals surface area contributed by atoms with Gasteiger partial charge in [-0.2, -0.15) is 0 Å². The van der Waals surface area contributed by atoms with Crippen molar-refractivity contribution in [2.24, 2.45) is 0 Å². The average molecular weight is 429 g/mol. The van der Waals surface area contributed by atoms with E-state index in [0.717, 1.165) is 0 Å². The van der Waals surface area contributed by atoms with Crippen molar-refractivity contribution in [1.82, 2.24) is 0 Å². The standard InChI is InChI=1S/C24H15NO7/c26-20(11-30-24(29)13-8-9-18-19(10-13)32-12-31-18)25-17-7-3-6-16-21(17)23(28)15-5-2-1-4-14(15)22(16)27/h1-10H,11-12H2,(H,25,26). The highest BCUT2D eigenvalue weighted by atomic mass is 16.7. The smallest absolute Gasteiger partial charge is 0.338 e. The molecular formula is C24H15NO7. The normalized spacial score (nSPS) is 13.2. The minimum atomic E-state index is -0.714. The molecule has 5 rings (SSSR count). The number of ether oxygens (including phenoxy) is 3. The second-order valence-electron chi connectivity index (χ2n) is 7.12. The van der Waals surface area contributed by atoms with E-state index < -0.39 is 18.5 Å². The number of carbonyl (C=O) groups is 4. The van der Waals surface area contributed by atoms with Gasteiger partial charge in [-0.3, -0.25) is 14.4 Å². The van der Waals surface area contributed by atoms with Crippen molar-refractivity contribution in [3.8, 4) is 11.5 Å². The molecule has 8 heteroatoms. The van der Waals surface area contributed by atoms with E-state index in [9.17, 15) is 19.2 Å². The minimum absolute atomic E-state index is 0.0728. The van der Waals surface area contributed by atoms with Gasteiger partial charge in [0.25, 0.3) is 5.91 Å². The molecular weight excluding hydrogens is 414 g/mol. The Balaban J connectivity index is 1.31. The van der Waals surface area contributed by atoms with Crippen molar-refractivity contribution in [3.63, 3.8) is 0 Å². The number of hydrogen-bond acceptors (Lipinski definition) is 7. The van der Waals surface area contributed by atoms with Crippen LogP contribution in [0.5, 0.6) is 11.5 Å². The summed E-state index contributed by atoms with van der Waals surface area (Å²) in [6.07, 6.45) is 0. The number of anilines is 1. The predicted octanol–water partition coefficient (Wildman–Crippen LogP) is 2.99. The summed E-state index contributed by atoms with van der Waals surface area (Å²) in [5.41, 5.74) is 1.32. The molecule has 3 aromatic carbocycles. The Labute approximate surface area is 181 Å². The van der Waals surface area contributed by atoms with Gasteiger partial charge in [-0.25, -0.2) is 4.79 Å². The molecule has 0 spiro atoms. The number of nitrogens with one attached hydrogen (secondary N) is 1. The van der Waals surface area contributed by atoms with Crippen LogP contribution in [0, 0.1) is 0 Å². The van der Waals surface area contributed by atoms with Gasteiger partial charge >= 0.3 is 5.97 Å². The van der Waals surface area contributed by atoms with Gasteiger partial charge < -0.3 is 19.5 Å². The van der Waals surface area contributed by atoms with Gasteiger partial charge in [0.2, 0.25) is 6.79 Å². The maximum atomic E-state index is 13.0.